The third-order valence-corrected chi connectivity index (χ3v) is 5.49. The van der Waals surface area contributed by atoms with Crippen LogP contribution in [-0.2, 0) is 35.2 Å². The number of carbonyl (C=O) groups excluding carboxylic acids is 3. The first-order chi connectivity index (χ1) is 17.9. The van der Waals surface area contributed by atoms with Crippen LogP contribution in [0, 0.1) is 0 Å². The SMILES string of the molecule is NCCCCC(NC(=O)C(CC(=O)O)NC(=O)C(N)CCC(=O)O)C(=O)NC(Cc1ccccc1)C(=O)O. The molecule has 0 saturated heterocycles. The molecule has 0 aliphatic rings. The highest BCUT2D eigenvalue weighted by Crippen LogP contribution is 2.07. The summed E-state index contributed by atoms with van der Waals surface area (Å²) in [7, 11) is 0. The molecule has 0 spiro atoms. The van der Waals surface area contributed by atoms with Crippen LogP contribution in [0.2, 0.25) is 0 Å². The van der Waals surface area contributed by atoms with Crippen molar-refractivity contribution in [2.45, 2.75) is 69.1 Å². The monoisotopic (exact) mass is 537 g/mol. The Morgan fingerprint density at radius 3 is 1.87 bits per heavy atom. The highest BCUT2D eigenvalue weighted by atomic mass is 16.4. The summed E-state index contributed by atoms with van der Waals surface area (Å²) < 4.78 is 0. The van der Waals surface area contributed by atoms with E-state index in [0.29, 0.717) is 24.9 Å². The van der Waals surface area contributed by atoms with Gasteiger partial charge < -0.3 is 42.7 Å². The summed E-state index contributed by atoms with van der Waals surface area (Å²) in [4.78, 5) is 72.0. The fraction of sp³-hybridized carbons (Fsp3) is 0.500. The van der Waals surface area contributed by atoms with Crippen LogP contribution in [0.1, 0.15) is 44.1 Å². The van der Waals surface area contributed by atoms with Crippen molar-refractivity contribution in [2.24, 2.45) is 11.5 Å². The number of unbranched alkanes of at least 4 members (excludes halogenated alkanes) is 1. The Labute approximate surface area is 219 Å². The molecule has 0 radical (unpaired) electrons. The average molecular weight is 538 g/mol. The molecule has 1 aromatic rings. The molecule has 0 heterocycles. The summed E-state index contributed by atoms with van der Waals surface area (Å²) in [6.07, 6.45) is -0.561. The quantitative estimate of drug-likeness (QED) is 0.101. The molecule has 0 aliphatic carbocycles. The van der Waals surface area contributed by atoms with Crippen LogP contribution >= 0.6 is 0 Å². The van der Waals surface area contributed by atoms with Crippen LogP contribution in [0.25, 0.3) is 0 Å². The minimum Gasteiger partial charge on any atom is -0.481 e. The number of nitrogens with one attached hydrogen (secondary N) is 3. The lowest BCUT2D eigenvalue weighted by Crippen LogP contribution is -2.57. The zero-order valence-corrected chi connectivity index (χ0v) is 20.8. The van der Waals surface area contributed by atoms with E-state index in [0.717, 1.165) is 0 Å². The number of nitrogens with two attached hydrogens (primary N) is 2. The third-order valence-electron chi connectivity index (χ3n) is 5.49. The van der Waals surface area contributed by atoms with Gasteiger partial charge in [-0.25, -0.2) is 4.79 Å². The van der Waals surface area contributed by atoms with Gasteiger partial charge in [-0.3, -0.25) is 24.0 Å². The molecule has 210 valence electrons. The fourth-order valence-electron chi connectivity index (χ4n) is 3.43. The number of amides is 3. The van der Waals surface area contributed by atoms with Crippen LogP contribution in [0.5, 0.6) is 0 Å². The number of benzene rings is 1. The van der Waals surface area contributed by atoms with E-state index in [1.54, 1.807) is 30.3 Å². The van der Waals surface area contributed by atoms with Gasteiger partial charge in [-0.05, 0) is 37.8 Å². The summed E-state index contributed by atoms with van der Waals surface area (Å²) in [5.74, 6) is -6.66. The van der Waals surface area contributed by atoms with Crippen molar-refractivity contribution >= 4 is 35.6 Å². The minimum absolute atomic E-state index is 0.0166. The highest BCUT2D eigenvalue weighted by molar-refractivity contribution is 5.95. The van der Waals surface area contributed by atoms with Crippen LogP contribution in [0.15, 0.2) is 30.3 Å². The van der Waals surface area contributed by atoms with E-state index in [-0.39, 0.29) is 19.3 Å². The molecule has 1 rings (SSSR count). The second kappa shape index (κ2) is 16.7. The van der Waals surface area contributed by atoms with Crippen molar-refractivity contribution in [2.75, 3.05) is 6.54 Å². The molecule has 1 aromatic carbocycles. The lowest BCUT2D eigenvalue weighted by molar-refractivity contribution is -0.143. The molecule has 38 heavy (non-hydrogen) atoms. The van der Waals surface area contributed by atoms with Gasteiger partial charge in [0.05, 0.1) is 12.5 Å². The molecular formula is C24H35N5O9. The fourth-order valence-corrected chi connectivity index (χ4v) is 3.43. The van der Waals surface area contributed by atoms with E-state index in [1.807, 2.05) is 0 Å². The van der Waals surface area contributed by atoms with Crippen molar-refractivity contribution in [3.05, 3.63) is 35.9 Å². The van der Waals surface area contributed by atoms with Gasteiger partial charge in [-0.15, -0.1) is 0 Å². The predicted molar refractivity (Wildman–Crippen MR) is 134 cm³/mol. The first-order valence-corrected chi connectivity index (χ1v) is 12.0. The topological polar surface area (TPSA) is 251 Å². The van der Waals surface area contributed by atoms with E-state index in [1.165, 1.54) is 0 Å². The molecule has 0 fully saturated rings. The number of carboxylic acid groups (broad SMARTS) is 3. The summed E-state index contributed by atoms with van der Waals surface area (Å²) >= 11 is 0. The van der Waals surface area contributed by atoms with Crippen LogP contribution in [-0.4, -0.2) is 81.7 Å². The maximum atomic E-state index is 13.0. The zero-order valence-electron chi connectivity index (χ0n) is 20.8. The largest absolute Gasteiger partial charge is 0.481 e. The van der Waals surface area contributed by atoms with Gasteiger partial charge in [-0.1, -0.05) is 30.3 Å². The molecule has 0 bridgehead atoms. The molecule has 4 atom stereocenters. The van der Waals surface area contributed by atoms with Gasteiger partial charge in [0.25, 0.3) is 0 Å². The molecule has 14 nitrogen and oxygen atoms in total. The van der Waals surface area contributed by atoms with Gasteiger partial charge in [0.1, 0.15) is 18.1 Å². The summed E-state index contributed by atoms with van der Waals surface area (Å²) in [6.45, 7) is 0.306. The Morgan fingerprint density at radius 2 is 1.32 bits per heavy atom. The lowest BCUT2D eigenvalue weighted by Gasteiger charge is -2.24. The maximum Gasteiger partial charge on any atom is 0.326 e. The molecular weight excluding hydrogens is 502 g/mol. The van der Waals surface area contributed by atoms with Crippen molar-refractivity contribution in [3.63, 3.8) is 0 Å². The molecule has 4 unspecified atom stereocenters. The zero-order chi connectivity index (χ0) is 28.7. The highest BCUT2D eigenvalue weighted by Gasteiger charge is 2.31. The number of hydrogen-bond donors (Lipinski definition) is 8. The van der Waals surface area contributed by atoms with Crippen molar-refractivity contribution in [3.8, 4) is 0 Å². The van der Waals surface area contributed by atoms with Gasteiger partial charge in [0.15, 0.2) is 0 Å². The summed E-state index contributed by atoms with van der Waals surface area (Å²) in [5, 5.41) is 34.5. The van der Waals surface area contributed by atoms with Crippen LogP contribution in [0.3, 0.4) is 0 Å². The lowest BCUT2D eigenvalue weighted by atomic mass is 10.0. The second-order valence-electron chi connectivity index (χ2n) is 8.63. The Balaban J connectivity index is 3.00. The Hall–Kier alpha value is -4.04. The summed E-state index contributed by atoms with van der Waals surface area (Å²) in [5.41, 5.74) is 11.8. The normalized spacial score (nSPS) is 13.8. The maximum absolute atomic E-state index is 13.0. The number of carbonyl (C=O) groups is 6. The van der Waals surface area contributed by atoms with E-state index in [4.69, 9.17) is 16.6 Å². The molecule has 0 aliphatic heterocycles. The van der Waals surface area contributed by atoms with Crippen molar-refractivity contribution < 1.29 is 44.1 Å². The first kappa shape index (κ1) is 32.0. The van der Waals surface area contributed by atoms with Gasteiger partial charge >= 0.3 is 17.9 Å². The van der Waals surface area contributed by atoms with Gasteiger partial charge in [0.2, 0.25) is 17.7 Å². The van der Waals surface area contributed by atoms with Crippen molar-refractivity contribution in [1.29, 1.82) is 0 Å². The minimum atomic E-state index is -1.62. The average Bonchev–Trinajstić information content (AvgIpc) is 2.85. The number of hydrogen-bond acceptors (Lipinski definition) is 8. The number of carboxylic acids is 3. The molecule has 3 amide bonds. The number of rotatable bonds is 18. The first-order valence-electron chi connectivity index (χ1n) is 12.0. The van der Waals surface area contributed by atoms with E-state index in [2.05, 4.69) is 16.0 Å². The standard InChI is InChI=1S/C24H35N5O9/c25-11-5-4-8-16(22(35)29-18(24(37)38)12-14-6-2-1-3-7-14)27-23(36)17(13-20(32)33)28-21(34)15(26)9-10-19(30)31/h1-3,6-7,15-18H,4-5,8-13,25-26H2,(H,27,36)(H,28,34)(H,29,35)(H,30,31)(H,32,33)(H,37,38). The second-order valence-corrected chi connectivity index (χ2v) is 8.63. The van der Waals surface area contributed by atoms with Crippen LogP contribution < -0.4 is 27.4 Å². The smallest absolute Gasteiger partial charge is 0.326 e. The van der Waals surface area contributed by atoms with E-state index < -0.39 is 72.6 Å². The van der Waals surface area contributed by atoms with Gasteiger partial charge in [0, 0.05) is 12.8 Å². The molecule has 14 heteroatoms. The number of aliphatic carboxylic acids is 3. The van der Waals surface area contributed by atoms with Crippen LogP contribution in [0.4, 0.5) is 0 Å². The predicted octanol–water partition coefficient (Wildman–Crippen LogP) is -1.44. The summed E-state index contributed by atoms with van der Waals surface area (Å²) in [6, 6.07) is 3.10. The molecule has 10 N–H and O–H groups in total. The Bertz CT molecular complexity index is 973. The Morgan fingerprint density at radius 1 is 0.737 bits per heavy atom. The van der Waals surface area contributed by atoms with E-state index >= 15 is 0 Å². The van der Waals surface area contributed by atoms with E-state index in [9.17, 15) is 39.0 Å². The molecule has 0 saturated carbocycles. The molecule has 0 aromatic heterocycles. The van der Waals surface area contributed by atoms with Gasteiger partial charge in [-0.2, -0.15) is 0 Å². The third kappa shape index (κ3) is 12.3. The van der Waals surface area contributed by atoms with Crippen molar-refractivity contribution in [1.82, 2.24) is 16.0 Å². The Kier molecular flexibility index (Phi) is 14.0.